The average molecular weight is 384 g/mol. The molecular formula is C23H29FN2O2. The van der Waals surface area contributed by atoms with Gasteiger partial charge in [0.1, 0.15) is 11.6 Å². The van der Waals surface area contributed by atoms with Crippen LogP contribution in [0.15, 0.2) is 36.4 Å². The first-order chi connectivity index (χ1) is 13.5. The van der Waals surface area contributed by atoms with Gasteiger partial charge in [-0.2, -0.15) is 0 Å². The summed E-state index contributed by atoms with van der Waals surface area (Å²) in [5.41, 5.74) is 10.1. The molecule has 1 saturated heterocycles. The predicted molar refractivity (Wildman–Crippen MR) is 108 cm³/mol. The van der Waals surface area contributed by atoms with Gasteiger partial charge in [-0.15, -0.1) is 0 Å². The second-order valence-electron chi connectivity index (χ2n) is 8.14. The van der Waals surface area contributed by atoms with Crippen molar-refractivity contribution in [2.45, 2.75) is 44.9 Å². The zero-order valence-electron chi connectivity index (χ0n) is 16.4. The minimum Gasteiger partial charge on any atom is -0.507 e. The second-order valence-corrected chi connectivity index (χ2v) is 8.14. The van der Waals surface area contributed by atoms with Crippen molar-refractivity contribution < 1.29 is 14.2 Å². The van der Waals surface area contributed by atoms with E-state index in [-0.39, 0.29) is 18.0 Å². The van der Waals surface area contributed by atoms with E-state index in [1.165, 1.54) is 12.1 Å². The van der Waals surface area contributed by atoms with E-state index in [1.54, 1.807) is 0 Å². The number of nitrogens with zero attached hydrogens (tertiary/aromatic N) is 1. The number of aromatic hydroxyl groups is 1. The summed E-state index contributed by atoms with van der Waals surface area (Å²) in [7, 11) is 0. The van der Waals surface area contributed by atoms with Crippen molar-refractivity contribution in [2.75, 3.05) is 19.6 Å². The van der Waals surface area contributed by atoms with Crippen molar-refractivity contribution in [1.82, 2.24) is 4.90 Å². The van der Waals surface area contributed by atoms with Crippen molar-refractivity contribution in [1.29, 1.82) is 0 Å². The van der Waals surface area contributed by atoms with E-state index in [0.717, 1.165) is 61.2 Å². The smallest absolute Gasteiger partial charge is 0.123 e. The van der Waals surface area contributed by atoms with Gasteiger partial charge in [-0.1, -0.05) is 24.3 Å². The van der Waals surface area contributed by atoms with E-state index in [9.17, 15) is 9.50 Å². The number of hydrogen-bond donors (Lipinski definition) is 2. The Kier molecular flexibility index (Phi) is 5.67. The number of aryl methyl sites for hydroxylation is 1. The van der Waals surface area contributed by atoms with Crippen LogP contribution in [0.5, 0.6) is 5.75 Å². The predicted octanol–water partition coefficient (Wildman–Crippen LogP) is 3.69. The Bertz CT molecular complexity index is 816. The molecule has 0 unspecified atom stereocenters. The molecule has 2 aromatic carbocycles. The number of phenols is 1. The Morgan fingerprint density at radius 1 is 1.14 bits per heavy atom. The molecule has 28 heavy (non-hydrogen) atoms. The van der Waals surface area contributed by atoms with Gasteiger partial charge in [-0.3, -0.25) is 4.90 Å². The fourth-order valence-corrected chi connectivity index (χ4v) is 4.61. The van der Waals surface area contributed by atoms with Crippen LogP contribution in [-0.2, 0) is 17.7 Å². The lowest BCUT2D eigenvalue weighted by Gasteiger charge is -2.40. The van der Waals surface area contributed by atoms with Gasteiger partial charge in [0.2, 0.25) is 0 Å². The third-order valence-corrected chi connectivity index (χ3v) is 6.30. The van der Waals surface area contributed by atoms with Gasteiger partial charge in [-0.05, 0) is 67.6 Å². The van der Waals surface area contributed by atoms with Crippen molar-refractivity contribution in [2.24, 2.45) is 11.7 Å². The quantitative estimate of drug-likeness (QED) is 0.844. The van der Waals surface area contributed by atoms with Gasteiger partial charge in [-0.25, -0.2) is 4.39 Å². The summed E-state index contributed by atoms with van der Waals surface area (Å²) in [5, 5.41) is 10.6. The third-order valence-electron chi connectivity index (χ3n) is 6.30. The molecule has 4 nitrogen and oxygen atoms in total. The Balaban J connectivity index is 1.40. The molecular weight excluding hydrogens is 355 g/mol. The first-order valence-electron chi connectivity index (χ1n) is 10.2. The van der Waals surface area contributed by atoms with Gasteiger partial charge in [0.05, 0.1) is 12.2 Å². The number of piperidine rings is 1. The molecule has 3 N–H and O–H groups in total. The molecule has 2 aliphatic rings. The number of nitrogens with two attached hydrogens (primary N) is 1. The van der Waals surface area contributed by atoms with Crippen LogP contribution >= 0.6 is 0 Å². The topological polar surface area (TPSA) is 58.7 Å². The van der Waals surface area contributed by atoms with E-state index < -0.39 is 0 Å². The normalized spacial score (nSPS) is 23.5. The summed E-state index contributed by atoms with van der Waals surface area (Å²) >= 11 is 0. The number of benzene rings is 2. The number of halogens is 1. The molecule has 0 spiro atoms. The van der Waals surface area contributed by atoms with Crippen LogP contribution in [0.4, 0.5) is 4.39 Å². The Hall–Kier alpha value is -1.95. The maximum atomic E-state index is 13.1. The molecule has 2 atom stereocenters. The first kappa shape index (κ1) is 19.4. The molecule has 0 aliphatic carbocycles. The molecule has 2 aromatic rings. The number of rotatable bonds is 4. The minimum absolute atomic E-state index is 0.0988. The van der Waals surface area contributed by atoms with Crippen LogP contribution in [0.25, 0.3) is 0 Å². The minimum atomic E-state index is -0.190. The standard InChI is InChI=1S/C23H29FN2O2/c1-15-2-7-19-20(23(15)27)12-21(28-22(19)13-25)17-8-10-26(11-9-17)14-16-3-5-18(24)6-4-16/h2-7,17,21-22,27H,8-14,25H2,1H3/t21-,22-/m0/s1. The van der Waals surface area contributed by atoms with Crippen LogP contribution < -0.4 is 5.73 Å². The molecule has 5 heteroatoms. The molecule has 150 valence electrons. The summed E-state index contributed by atoms with van der Waals surface area (Å²) in [5.74, 6) is 0.676. The summed E-state index contributed by atoms with van der Waals surface area (Å²) in [6, 6.07) is 10.8. The van der Waals surface area contributed by atoms with Gasteiger partial charge < -0.3 is 15.6 Å². The van der Waals surface area contributed by atoms with Gasteiger partial charge in [0, 0.05) is 25.1 Å². The van der Waals surface area contributed by atoms with E-state index in [0.29, 0.717) is 18.2 Å². The zero-order chi connectivity index (χ0) is 19.7. The Morgan fingerprint density at radius 2 is 1.86 bits per heavy atom. The van der Waals surface area contributed by atoms with E-state index in [2.05, 4.69) is 4.90 Å². The largest absolute Gasteiger partial charge is 0.507 e. The van der Waals surface area contributed by atoms with E-state index in [1.807, 2.05) is 31.2 Å². The van der Waals surface area contributed by atoms with Crippen LogP contribution in [0.2, 0.25) is 0 Å². The molecule has 0 bridgehead atoms. The fourth-order valence-electron chi connectivity index (χ4n) is 4.61. The van der Waals surface area contributed by atoms with Crippen molar-refractivity contribution in [3.8, 4) is 5.75 Å². The van der Waals surface area contributed by atoms with Crippen LogP contribution in [-0.4, -0.2) is 35.7 Å². The highest BCUT2D eigenvalue weighted by molar-refractivity contribution is 5.47. The highest BCUT2D eigenvalue weighted by Crippen LogP contribution is 2.40. The average Bonchev–Trinajstić information content (AvgIpc) is 2.72. The fraction of sp³-hybridized carbons (Fsp3) is 0.478. The van der Waals surface area contributed by atoms with Gasteiger partial charge >= 0.3 is 0 Å². The summed E-state index contributed by atoms with van der Waals surface area (Å²) in [4.78, 5) is 2.42. The van der Waals surface area contributed by atoms with Crippen molar-refractivity contribution in [3.05, 3.63) is 64.5 Å². The van der Waals surface area contributed by atoms with Crippen molar-refractivity contribution >= 4 is 0 Å². The van der Waals surface area contributed by atoms with E-state index >= 15 is 0 Å². The molecule has 1 fully saturated rings. The van der Waals surface area contributed by atoms with Crippen LogP contribution in [0.1, 0.15) is 41.2 Å². The lowest BCUT2D eigenvalue weighted by atomic mass is 9.83. The first-order valence-corrected chi connectivity index (χ1v) is 10.2. The van der Waals surface area contributed by atoms with Crippen LogP contribution in [0.3, 0.4) is 0 Å². The highest BCUT2D eigenvalue weighted by atomic mass is 19.1. The van der Waals surface area contributed by atoms with Gasteiger partial charge in [0.25, 0.3) is 0 Å². The molecule has 0 amide bonds. The third kappa shape index (κ3) is 3.93. The number of fused-ring (bicyclic) bond motifs is 1. The Labute approximate surface area is 166 Å². The lowest BCUT2D eigenvalue weighted by Crippen LogP contribution is -2.41. The highest BCUT2D eigenvalue weighted by Gasteiger charge is 2.35. The maximum Gasteiger partial charge on any atom is 0.123 e. The van der Waals surface area contributed by atoms with Crippen molar-refractivity contribution in [3.63, 3.8) is 0 Å². The molecule has 0 aromatic heterocycles. The number of ether oxygens (including phenoxy) is 1. The maximum absolute atomic E-state index is 13.1. The molecule has 2 aliphatic heterocycles. The summed E-state index contributed by atoms with van der Waals surface area (Å²) < 4.78 is 19.5. The molecule has 0 saturated carbocycles. The number of phenolic OH excluding ortho intramolecular Hbond substituents is 1. The van der Waals surface area contributed by atoms with E-state index in [4.69, 9.17) is 10.5 Å². The zero-order valence-corrected chi connectivity index (χ0v) is 16.4. The SMILES string of the molecule is Cc1ccc2c(c1O)C[C@@H](C1CCN(Cc3ccc(F)cc3)CC1)O[C@H]2CN. The molecule has 4 rings (SSSR count). The Morgan fingerprint density at radius 3 is 2.54 bits per heavy atom. The second kappa shape index (κ2) is 8.19. The molecule has 0 radical (unpaired) electrons. The lowest BCUT2D eigenvalue weighted by molar-refractivity contribution is -0.0651. The van der Waals surface area contributed by atoms with Crippen LogP contribution in [0, 0.1) is 18.7 Å². The summed E-state index contributed by atoms with van der Waals surface area (Å²) in [6.07, 6.45) is 2.83. The van der Waals surface area contributed by atoms with Gasteiger partial charge in [0.15, 0.2) is 0 Å². The number of likely N-dealkylation sites (tertiary alicyclic amines) is 1. The molecule has 2 heterocycles. The monoisotopic (exact) mass is 384 g/mol. The number of hydrogen-bond acceptors (Lipinski definition) is 4. The summed E-state index contributed by atoms with van der Waals surface area (Å²) in [6.45, 7) is 5.22.